The van der Waals surface area contributed by atoms with Gasteiger partial charge < -0.3 is 15.7 Å². The van der Waals surface area contributed by atoms with E-state index in [2.05, 4.69) is 15.6 Å². The minimum atomic E-state index is -0.901. The Hall–Kier alpha value is -1.88. The zero-order chi connectivity index (χ0) is 12.6. The largest absolute Gasteiger partial charge is 0.478 e. The van der Waals surface area contributed by atoms with E-state index in [0.29, 0.717) is 5.56 Å². The molecule has 0 radical (unpaired) electrons. The highest BCUT2D eigenvalue weighted by atomic mass is 16.4. The Morgan fingerprint density at radius 1 is 1.33 bits per heavy atom. The quantitative estimate of drug-likeness (QED) is 0.697. The summed E-state index contributed by atoms with van der Waals surface area (Å²) in [5.74, 6) is -0.901. The van der Waals surface area contributed by atoms with E-state index in [9.17, 15) is 4.79 Å². The number of carboxylic acids is 1. The van der Waals surface area contributed by atoms with Crippen molar-refractivity contribution in [2.75, 3.05) is 18.4 Å². The average Bonchev–Trinajstić information content (AvgIpc) is 2.38. The Labute approximate surface area is 105 Å². The number of benzene rings is 1. The predicted octanol–water partition coefficient (Wildman–Crippen LogP) is 1.31. The Balaban J connectivity index is 1.95. The van der Waals surface area contributed by atoms with Crippen LogP contribution >= 0.6 is 0 Å². The van der Waals surface area contributed by atoms with Gasteiger partial charge in [0.1, 0.15) is 5.66 Å². The topological polar surface area (TPSA) is 73.7 Å². The van der Waals surface area contributed by atoms with E-state index in [1.807, 2.05) is 6.21 Å². The molecule has 1 fully saturated rings. The lowest BCUT2D eigenvalue weighted by Gasteiger charge is -2.38. The molecule has 1 aromatic carbocycles. The van der Waals surface area contributed by atoms with E-state index in [4.69, 9.17) is 5.11 Å². The summed E-state index contributed by atoms with van der Waals surface area (Å²) in [6.45, 7) is 1.86. The van der Waals surface area contributed by atoms with Gasteiger partial charge in [-0.15, -0.1) is 0 Å². The fraction of sp³-hybridized carbons (Fsp3) is 0.385. The summed E-state index contributed by atoms with van der Waals surface area (Å²) in [4.78, 5) is 15.6. The molecule has 5 nitrogen and oxygen atoms in total. The fourth-order valence-corrected chi connectivity index (χ4v) is 2.48. The van der Waals surface area contributed by atoms with Gasteiger partial charge in [-0.05, 0) is 25.2 Å². The normalized spacial score (nSPS) is 20.2. The zero-order valence-electron chi connectivity index (χ0n) is 9.94. The number of rotatable bonds is 1. The standard InChI is InChI=1S/C13H15N3O2/c17-12(18)9-1-2-10-8-15-13(16-11(10)7-9)3-5-14-6-4-13/h1-2,7-8,14,16H,3-6H2,(H,17,18). The molecule has 3 rings (SSSR count). The van der Waals surface area contributed by atoms with Crippen LogP contribution in [0.5, 0.6) is 0 Å². The SMILES string of the molecule is O=C(O)c1ccc2c(c1)NC1(CCNCC1)N=C2. The molecule has 0 atom stereocenters. The maximum absolute atomic E-state index is 11.0. The summed E-state index contributed by atoms with van der Waals surface area (Å²) in [5.41, 5.74) is 1.87. The van der Waals surface area contributed by atoms with Crippen molar-refractivity contribution in [3.63, 3.8) is 0 Å². The van der Waals surface area contributed by atoms with Gasteiger partial charge >= 0.3 is 5.97 Å². The smallest absolute Gasteiger partial charge is 0.335 e. The van der Waals surface area contributed by atoms with Crippen LogP contribution in [0.3, 0.4) is 0 Å². The Morgan fingerprint density at radius 2 is 2.11 bits per heavy atom. The first-order valence-corrected chi connectivity index (χ1v) is 6.10. The van der Waals surface area contributed by atoms with Crippen molar-refractivity contribution in [2.24, 2.45) is 4.99 Å². The highest BCUT2D eigenvalue weighted by Gasteiger charge is 2.33. The first-order chi connectivity index (χ1) is 8.69. The molecule has 2 aliphatic heterocycles. The summed E-state index contributed by atoms with van der Waals surface area (Å²) in [5, 5.41) is 15.7. The molecule has 1 saturated heterocycles. The van der Waals surface area contributed by atoms with Crippen molar-refractivity contribution in [3.8, 4) is 0 Å². The molecule has 0 aliphatic carbocycles. The number of hydrogen-bond acceptors (Lipinski definition) is 4. The monoisotopic (exact) mass is 245 g/mol. The Kier molecular flexibility index (Phi) is 2.56. The maximum Gasteiger partial charge on any atom is 0.335 e. The third-order valence-corrected chi connectivity index (χ3v) is 3.55. The number of aliphatic imine (C=N–C) groups is 1. The van der Waals surface area contributed by atoms with Crippen LogP contribution in [0, 0.1) is 0 Å². The van der Waals surface area contributed by atoms with E-state index < -0.39 is 5.97 Å². The van der Waals surface area contributed by atoms with Crippen LogP contribution in [-0.4, -0.2) is 36.0 Å². The van der Waals surface area contributed by atoms with Crippen molar-refractivity contribution in [1.82, 2.24) is 5.32 Å². The lowest BCUT2D eigenvalue weighted by Crippen LogP contribution is -2.47. The number of carbonyl (C=O) groups is 1. The maximum atomic E-state index is 11.0. The van der Waals surface area contributed by atoms with Crippen LogP contribution in [-0.2, 0) is 0 Å². The van der Waals surface area contributed by atoms with E-state index in [0.717, 1.165) is 37.2 Å². The number of carboxylic acid groups (broad SMARTS) is 1. The highest BCUT2D eigenvalue weighted by Crippen LogP contribution is 2.31. The number of anilines is 1. The van der Waals surface area contributed by atoms with Crippen LogP contribution in [0.15, 0.2) is 23.2 Å². The second-order valence-corrected chi connectivity index (χ2v) is 4.77. The molecular weight excluding hydrogens is 230 g/mol. The van der Waals surface area contributed by atoms with Crippen LogP contribution in [0.2, 0.25) is 0 Å². The molecule has 1 spiro atoms. The summed E-state index contributed by atoms with van der Waals surface area (Å²) < 4.78 is 0. The van der Waals surface area contributed by atoms with Gasteiger partial charge in [0.25, 0.3) is 0 Å². The molecule has 1 aromatic rings. The van der Waals surface area contributed by atoms with Crippen molar-refractivity contribution >= 4 is 17.9 Å². The van der Waals surface area contributed by atoms with Gasteiger partial charge in [0.05, 0.1) is 5.56 Å². The molecule has 0 bridgehead atoms. The number of nitrogens with one attached hydrogen (secondary N) is 2. The number of hydrogen-bond donors (Lipinski definition) is 3. The van der Waals surface area contributed by atoms with Gasteiger partial charge in [0, 0.05) is 30.3 Å². The van der Waals surface area contributed by atoms with Crippen LogP contribution in [0.1, 0.15) is 28.8 Å². The third-order valence-electron chi connectivity index (χ3n) is 3.55. The molecule has 2 aliphatic rings. The first kappa shape index (κ1) is 11.2. The molecule has 3 N–H and O–H groups in total. The van der Waals surface area contributed by atoms with E-state index in [1.165, 1.54) is 0 Å². The Morgan fingerprint density at radius 3 is 2.83 bits per heavy atom. The molecule has 0 saturated carbocycles. The number of fused-ring (bicyclic) bond motifs is 1. The molecule has 2 heterocycles. The molecular formula is C13H15N3O2. The second kappa shape index (κ2) is 4.10. The minimum absolute atomic E-state index is 0.255. The summed E-state index contributed by atoms with van der Waals surface area (Å²) in [7, 11) is 0. The lowest BCUT2D eigenvalue weighted by atomic mass is 9.95. The van der Waals surface area contributed by atoms with Crippen LogP contribution in [0.25, 0.3) is 0 Å². The molecule has 0 unspecified atom stereocenters. The second-order valence-electron chi connectivity index (χ2n) is 4.77. The Bertz CT molecular complexity index is 519. The van der Waals surface area contributed by atoms with Crippen molar-refractivity contribution in [1.29, 1.82) is 0 Å². The van der Waals surface area contributed by atoms with Crippen LogP contribution < -0.4 is 10.6 Å². The van der Waals surface area contributed by atoms with Gasteiger partial charge in [-0.25, -0.2) is 4.79 Å². The molecule has 94 valence electrons. The third kappa shape index (κ3) is 1.86. The van der Waals surface area contributed by atoms with Crippen molar-refractivity contribution < 1.29 is 9.90 Å². The van der Waals surface area contributed by atoms with Gasteiger partial charge in [-0.2, -0.15) is 0 Å². The van der Waals surface area contributed by atoms with E-state index >= 15 is 0 Å². The highest BCUT2D eigenvalue weighted by molar-refractivity contribution is 5.95. The van der Waals surface area contributed by atoms with Gasteiger partial charge in [-0.1, -0.05) is 6.07 Å². The van der Waals surface area contributed by atoms with E-state index in [1.54, 1.807) is 18.2 Å². The predicted molar refractivity (Wildman–Crippen MR) is 69.5 cm³/mol. The number of aromatic carboxylic acids is 1. The summed E-state index contributed by atoms with van der Waals surface area (Å²) in [6, 6.07) is 5.09. The van der Waals surface area contributed by atoms with E-state index in [-0.39, 0.29) is 5.66 Å². The van der Waals surface area contributed by atoms with Crippen LogP contribution in [0.4, 0.5) is 5.69 Å². The average molecular weight is 245 g/mol. The van der Waals surface area contributed by atoms with Gasteiger partial charge in [0.15, 0.2) is 0 Å². The van der Waals surface area contributed by atoms with Gasteiger partial charge in [-0.3, -0.25) is 4.99 Å². The summed E-state index contributed by atoms with van der Waals surface area (Å²) in [6.07, 6.45) is 3.68. The van der Waals surface area contributed by atoms with Gasteiger partial charge in [0.2, 0.25) is 0 Å². The molecule has 5 heteroatoms. The fourth-order valence-electron chi connectivity index (χ4n) is 2.48. The van der Waals surface area contributed by atoms with Crippen molar-refractivity contribution in [3.05, 3.63) is 29.3 Å². The number of piperidine rings is 1. The van der Waals surface area contributed by atoms with Crippen molar-refractivity contribution in [2.45, 2.75) is 18.5 Å². The molecule has 18 heavy (non-hydrogen) atoms. The molecule has 0 amide bonds. The summed E-state index contributed by atoms with van der Waals surface area (Å²) >= 11 is 0. The lowest BCUT2D eigenvalue weighted by molar-refractivity contribution is 0.0697. The number of nitrogens with zero attached hydrogens (tertiary/aromatic N) is 1. The minimum Gasteiger partial charge on any atom is -0.478 e. The zero-order valence-corrected chi connectivity index (χ0v) is 9.94. The first-order valence-electron chi connectivity index (χ1n) is 6.10. The molecule has 0 aromatic heterocycles.